The largest absolute Gasteiger partial charge is 0.364 e. The maximum Gasteiger partial charge on any atom is 0.124 e. The van der Waals surface area contributed by atoms with Gasteiger partial charge in [0, 0.05) is 25.5 Å². The van der Waals surface area contributed by atoms with E-state index in [1.54, 1.807) is 18.6 Å². The number of rotatable bonds is 3. The molecule has 0 fully saturated rings. The normalized spacial score (nSPS) is 12.4. The van der Waals surface area contributed by atoms with E-state index < -0.39 is 0 Å². The monoisotopic (exact) mass is 202 g/mol. The van der Waals surface area contributed by atoms with E-state index in [4.69, 9.17) is 0 Å². The van der Waals surface area contributed by atoms with Gasteiger partial charge in [-0.1, -0.05) is 0 Å². The highest BCUT2D eigenvalue weighted by molar-refractivity contribution is 5.37. The number of hydrogen-bond donors (Lipinski definition) is 1. The van der Waals surface area contributed by atoms with Gasteiger partial charge in [0.25, 0.3) is 0 Å². The van der Waals surface area contributed by atoms with Gasteiger partial charge in [0.1, 0.15) is 5.82 Å². The van der Waals surface area contributed by atoms with Crippen molar-refractivity contribution < 1.29 is 0 Å². The van der Waals surface area contributed by atoms with E-state index in [1.807, 2.05) is 29.9 Å². The summed E-state index contributed by atoms with van der Waals surface area (Å²) in [6.45, 7) is 2.11. The van der Waals surface area contributed by atoms with Crippen LogP contribution >= 0.6 is 0 Å². The van der Waals surface area contributed by atoms with Crippen molar-refractivity contribution >= 4 is 5.82 Å². The maximum absolute atomic E-state index is 4.11. The minimum Gasteiger partial charge on any atom is -0.364 e. The van der Waals surface area contributed by atoms with Crippen LogP contribution in [0.15, 0.2) is 36.8 Å². The van der Waals surface area contributed by atoms with E-state index >= 15 is 0 Å². The molecule has 2 aromatic rings. The zero-order chi connectivity index (χ0) is 10.7. The van der Waals surface area contributed by atoms with E-state index in [-0.39, 0.29) is 6.04 Å². The maximum atomic E-state index is 4.11. The molecular weight excluding hydrogens is 188 g/mol. The lowest BCUT2D eigenvalue weighted by atomic mass is 10.1. The molecule has 0 amide bonds. The first-order valence-corrected chi connectivity index (χ1v) is 4.92. The summed E-state index contributed by atoms with van der Waals surface area (Å²) in [6, 6.07) is 6.23. The third-order valence-corrected chi connectivity index (χ3v) is 2.39. The Morgan fingerprint density at radius 3 is 2.53 bits per heavy atom. The third kappa shape index (κ3) is 2.15. The van der Waals surface area contributed by atoms with Crippen LogP contribution in [0.1, 0.15) is 18.5 Å². The van der Waals surface area contributed by atoms with Crippen LogP contribution < -0.4 is 5.32 Å². The topological polar surface area (TPSA) is 42.7 Å². The van der Waals surface area contributed by atoms with E-state index in [9.17, 15) is 0 Å². The molecule has 0 aliphatic rings. The lowest BCUT2D eigenvalue weighted by Gasteiger charge is -2.14. The Labute approximate surface area is 89.0 Å². The molecule has 2 rings (SSSR count). The second-order valence-corrected chi connectivity index (χ2v) is 3.49. The van der Waals surface area contributed by atoms with Crippen LogP contribution in [0.2, 0.25) is 0 Å². The molecule has 0 bridgehead atoms. The highest BCUT2D eigenvalue weighted by atomic mass is 15.3. The quantitative estimate of drug-likeness (QED) is 0.827. The van der Waals surface area contributed by atoms with Crippen molar-refractivity contribution in [3.63, 3.8) is 0 Å². The van der Waals surface area contributed by atoms with Gasteiger partial charge in [-0.05, 0) is 24.6 Å². The molecule has 1 N–H and O–H groups in total. The fourth-order valence-electron chi connectivity index (χ4n) is 1.47. The lowest BCUT2D eigenvalue weighted by molar-refractivity contribution is 0.750. The second-order valence-electron chi connectivity index (χ2n) is 3.49. The van der Waals surface area contributed by atoms with Gasteiger partial charge >= 0.3 is 0 Å². The number of hydrogen-bond acceptors (Lipinski definition) is 3. The Hall–Kier alpha value is -1.84. The SMILES string of the molecule is CC(Nc1ccnn1C)c1ccncc1. The molecule has 2 aromatic heterocycles. The van der Waals surface area contributed by atoms with Crippen LogP contribution in [0.5, 0.6) is 0 Å². The van der Waals surface area contributed by atoms with Crippen LogP contribution in [0.4, 0.5) is 5.82 Å². The molecule has 0 saturated heterocycles. The Bertz CT molecular complexity index is 421. The summed E-state index contributed by atoms with van der Waals surface area (Å²) < 4.78 is 1.82. The summed E-state index contributed by atoms with van der Waals surface area (Å²) in [4.78, 5) is 4.00. The molecule has 0 aliphatic carbocycles. The molecule has 1 atom stereocenters. The third-order valence-electron chi connectivity index (χ3n) is 2.39. The zero-order valence-electron chi connectivity index (χ0n) is 8.88. The van der Waals surface area contributed by atoms with Crippen LogP contribution in [-0.4, -0.2) is 14.8 Å². The van der Waals surface area contributed by atoms with Crippen LogP contribution in [0, 0.1) is 0 Å². The molecular formula is C11H14N4. The van der Waals surface area contributed by atoms with Crippen molar-refractivity contribution in [3.8, 4) is 0 Å². The molecule has 0 radical (unpaired) electrons. The van der Waals surface area contributed by atoms with Crippen LogP contribution in [-0.2, 0) is 7.05 Å². The number of aryl methyl sites for hydroxylation is 1. The van der Waals surface area contributed by atoms with Crippen molar-refractivity contribution in [2.45, 2.75) is 13.0 Å². The molecule has 1 unspecified atom stereocenters. The standard InChI is InChI=1S/C11H14N4/c1-9(10-3-6-12-7-4-10)14-11-5-8-13-15(11)2/h3-9,14H,1-2H3. The van der Waals surface area contributed by atoms with Gasteiger partial charge in [0.2, 0.25) is 0 Å². The highest BCUT2D eigenvalue weighted by Crippen LogP contribution is 2.17. The summed E-state index contributed by atoms with van der Waals surface area (Å²) >= 11 is 0. The zero-order valence-corrected chi connectivity index (χ0v) is 8.88. The Kier molecular flexibility index (Phi) is 2.67. The van der Waals surface area contributed by atoms with E-state index in [2.05, 4.69) is 22.3 Å². The molecule has 15 heavy (non-hydrogen) atoms. The smallest absolute Gasteiger partial charge is 0.124 e. The summed E-state index contributed by atoms with van der Waals surface area (Å²) in [5.74, 6) is 1.01. The number of anilines is 1. The first kappa shape index (κ1) is 9.71. The minimum absolute atomic E-state index is 0.253. The second kappa shape index (κ2) is 4.13. The molecule has 2 heterocycles. The Morgan fingerprint density at radius 1 is 1.20 bits per heavy atom. The van der Waals surface area contributed by atoms with Crippen molar-refractivity contribution in [3.05, 3.63) is 42.4 Å². The van der Waals surface area contributed by atoms with Gasteiger partial charge in [-0.25, -0.2) is 0 Å². The molecule has 4 nitrogen and oxygen atoms in total. The van der Waals surface area contributed by atoms with Crippen LogP contribution in [0.25, 0.3) is 0 Å². The first-order valence-electron chi connectivity index (χ1n) is 4.92. The highest BCUT2D eigenvalue weighted by Gasteiger charge is 2.06. The molecule has 0 spiro atoms. The van der Waals surface area contributed by atoms with Gasteiger partial charge in [-0.3, -0.25) is 9.67 Å². The molecule has 0 aromatic carbocycles. The number of nitrogens with zero attached hydrogens (tertiary/aromatic N) is 3. The summed E-state index contributed by atoms with van der Waals surface area (Å²) in [5.41, 5.74) is 1.21. The predicted octanol–water partition coefficient (Wildman–Crippen LogP) is 1.99. The summed E-state index contributed by atoms with van der Waals surface area (Å²) in [5, 5.41) is 7.48. The van der Waals surface area contributed by atoms with Gasteiger partial charge in [-0.2, -0.15) is 5.10 Å². The van der Waals surface area contributed by atoms with Gasteiger partial charge in [0.15, 0.2) is 0 Å². The van der Waals surface area contributed by atoms with Gasteiger partial charge < -0.3 is 5.32 Å². The molecule has 78 valence electrons. The molecule has 0 aliphatic heterocycles. The van der Waals surface area contributed by atoms with Crippen molar-refractivity contribution in [2.24, 2.45) is 7.05 Å². The summed E-state index contributed by atoms with van der Waals surface area (Å²) in [7, 11) is 1.92. The van der Waals surface area contributed by atoms with E-state index in [0.717, 1.165) is 5.82 Å². The Morgan fingerprint density at radius 2 is 1.93 bits per heavy atom. The number of nitrogens with one attached hydrogen (secondary N) is 1. The van der Waals surface area contributed by atoms with Gasteiger partial charge in [0.05, 0.1) is 12.2 Å². The Balaban J connectivity index is 2.11. The van der Waals surface area contributed by atoms with Crippen LogP contribution in [0.3, 0.4) is 0 Å². The minimum atomic E-state index is 0.253. The molecule has 0 saturated carbocycles. The molecule has 4 heteroatoms. The van der Waals surface area contributed by atoms with Gasteiger partial charge in [-0.15, -0.1) is 0 Å². The predicted molar refractivity (Wildman–Crippen MR) is 59.5 cm³/mol. The average molecular weight is 202 g/mol. The number of aromatic nitrogens is 3. The fraction of sp³-hybridized carbons (Fsp3) is 0.273. The summed E-state index contributed by atoms with van der Waals surface area (Å²) in [6.07, 6.45) is 5.38. The van der Waals surface area contributed by atoms with E-state index in [1.165, 1.54) is 5.56 Å². The van der Waals surface area contributed by atoms with E-state index in [0.29, 0.717) is 0 Å². The fourth-order valence-corrected chi connectivity index (χ4v) is 1.47. The first-order chi connectivity index (χ1) is 7.27. The van der Waals surface area contributed by atoms with Crippen molar-refractivity contribution in [1.29, 1.82) is 0 Å². The number of pyridine rings is 1. The lowest BCUT2D eigenvalue weighted by Crippen LogP contribution is -2.09. The average Bonchev–Trinajstić information content (AvgIpc) is 2.66. The van der Waals surface area contributed by atoms with Crippen molar-refractivity contribution in [1.82, 2.24) is 14.8 Å². The van der Waals surface area contributed by atoms with Crippen molar-refractivity contribution in [2.75, 3.05) is 5.32 Å².